The number of hydrogen-bond donors (Lipinski definition) is 1. The van der Waals surface area contributed by atoms with Gasteiger partial charge < -0.3 is 10.1 Å². The smallest absolute Gasteiger partial charge is 0.123 e. The molecule has 0 amide bonds. The van der Waals surface area contributed by atoms with Crippen LogP contribution in [0.4, 0.5) is 0 Å². The standard InChI is InChI=1S/C11H13Cl2NO/c1-14-10-4-6(10)7-3-8(12)9(13)5-11(7)15-2/h3,5-6,10,14H,4H2,1-2H3. The summed E-state index contributed by atoms with van der Waals surface area (Å²) >= 11 is 11.9. The molecule has 2 atom stereocenters. The molecule has 0 saturated heterocycles. The lowest BCUT2D eigenvalue weighted by Gasteiger charge is -2.09. The number of halogens is 2. The maximum atomic E-state index is 6.00. The summed E-state index contributed by atoms with van der Waals surface area (Å²) in [6, 6.07) is 4.23. The van der Waals surface area contributed by atoms with Gasteiger partial charge in [-0.15, -0.1) is 0 Å². The third kappa shape index (κ3) is 2.07. The van der Waals surface area contributed by atoms with Gasteiger partial charge >= 0.3 is 0 Å². The Labute approximate surface area is 99.5 Å². The second kappa shape index (κ2) is 4.20. The van der Waals surface area contributed by atoms with E-state index in [0.29, 0.717) is 22.0 Å². The van der Waals surface area contributed by atoms with E-state index in [1.165, 1.54) is 0 Å². The van der Waals surface area contributed by atoms with Gasteiger partial charge in [0.25, 0.3) is 0 Å². The van der Waals surface area contributed by atoms with Crippen LogP contribution in [0.15, 0.2) is 12.1 Å². The highest BCUT2D eigenvalue weighted by molar-refractivity contribution is 6.42. The van der Waals surface area contributed by atoms with Gasteiger partial charge in [0.05, 0.1) is 17.2 Å². The van der Waals surface area contributed by atoms with E-state index < -0.39 is 0 Å². The number of nitrogens with one attached hydrogen (secondary N) is 1. The van der Waals surface area contributed by atoms with E-state index in [2.05, 4.69) is 5.32 Å². The van der Waals surface area contributed by atoms with Gasteiger partial charge in [-0.3, -0.25) is 0 Å². The average Bonchev–Trinajstić information content (AvgIpc) is 3.00. The molecule has 1 aliphatic carbocycles. The van der Waals surface area contributed by atoms with Crippen LogP contribution in [0.1, 0.15) is 17.9 Å². The van der Waals surface area contributed by atoms with E-state index in [4.69, 9.17) is 27.9 Å². The monoisotopic (exact) mass is 245 g/mol. The van der Waals surface area contributed by atoms with Gasteiger partial charge in [-0.2, -0.15) is 0 Å². The summed E-state index contributed by atoms with van der Waals surface area (Å²) in [4.78, 5) is 0. The Morgan fingerprint density at radius 1 is 1.33 bits per heavy atom. The van der Waals surface area contributed by atoms with Crippen LogP contribution in [0, 0.1) is 0 Å². The predicted octanol–water partition coefficient (Wildman–Crippen LogP) is 3.08. The summed E-state index contributed by atoms with van der Waals surface area (Å²) in [5.74, 6) is 1.33. The molecule has 4 heteroatoms. The van der Waals surface area contributed by atoms with E-state index in [-0.39, 0.29) is 0 Å². The van der Waals surface area contributed by atoms with Crippen molar-refractivity contribution in [3.8, 4) is 5.75 Å². The molecule has 2 rings (SSSR count). The average molecular weight is 246 g/mol. The summed E-state index contributed by atoms with van der Waals surface area (Å²) in [7, 11) is 3.62. The third-order valence-electron chi connectivity index (χ3n) is 2.83. The lowest BCUT2D eigenvalue weighted by atomic mass is 10.1. The minimum atomic E-state index is 0.500. The fourth-order valence-electron chi connectivity index (χ4n) is 1.87. The largest absolute Gasteiger partial charge is 0.496 e. The third-order valence-corrected chi connectivity index (χ3v) is 3.56. The molecular weight excluding hydrogens is 233 g/mol. The van der Waals surface area contributed by atoms with Crippen LogP contribution in [0.3, 0.4) is 0 Å². The maximum absolute atomic E-state index is 6.00. The van der Waals surface area contributed by atoms with Gasteiger partial charge in [0, 0.05) is 23.6 Å². The molecule has 0 bridgehead atoms. The molecule has 0 radical (unpaired) electrons. The van der Waals surface area contributed by atoms with Crippen molar-refractivity contribution in [2.24, 2.45) is 0 Å². The normalized spacial score (nSPS) is 24.0. The Bertz CT molecular complexity index is 381. The first-order valence-corrected chi connectivity index (χ1v) is 5.63. The number of benzene rings is 1. The Balaban J connectivity index is 2.34. The first-order chi connectivity index (χ1) is 7.17. The topological polar surface area (TPSA) is 21.3 Å². The molecular formula is C11H13Cl2NO. The molecule has 1 saturated carbocycles. The number of likely N-dealkylation sites (N-methyl/N-ethyl adjacent to an activating group) is 1. The van der Waals surface area contributed by atoms with Crippen LogP contribution in [-0.4, -0.2) is 20.2 Å². The highest BCUT2D eigenvalue weighted by Gasteiger charge is 2.39. The molecule has 0 heterocycles. The van der Waals surface area contributed by atoms with Crippen molar-refractivity contribution in [1.29, 1.82) is 0 Å². The Kier molecular flexibility index (Phi) is 3.10. The summed E-state index contributed by atoms with van der Waals surface area (Å²) in [6.45, 7) is 0. The van der Waals surface area contributed by atoms with E-state index >= 15 is 0 Å². The molecule has 82 valence electrons. The van der Waals surface area contributed by atoms with Gasteiger partial charge in [-0.25, -0.2) is 0 Å². The summed E-state index contributed by atoms with van der Waals surface area (Å²) in [5, 5.41) is 4.37. The fraction of sp³-hybridized carbons (Fsp3) is 0.455. The first-order valence-electron chi connectivity index (χ1n) is 4.87. The minimum Gasteiger partial charge on any atom is -0.496 e. The molecule has 1 N–H and O–H groups in total. The highest BCUT2D eigenvalue weighted by atomic mass is 35.5. The summed E-state index contributed by atoms with van der Waals surface area (Å²) < 4.78 is 5.30. The molecule has 1 aromatic rings. The second-order valence-electron chi connectivity index (χ2n) is 3.75. The van der Waals surface area contributed by atoms with Crippen molar-refractivity contribution < 1.29 is 4.74 Å². The van der Waals surface area contributed by atoms with Crippen molar-refractivity contribution in [3.05, 3.63) is 27.7 Å². The van der Waals surface area contributed by atoms with E-state index in [9.17, 15) is 0 Å². The molecule has 0 aliphatic heterocycles. The van der Waals surface area contributed by atoms with Crippen molar-refractivity contribution in [2.45, 2.75) is 18.4 Å². The summed E-state index contributed by atoms with van der Waals surface area (Å²) in [5.41, 5.74) is 1.14. The molecule has 1 fully saturated rings. The van der Waals surface area contributed by atoms with Gasteiger partial charge in [-0.1, -0.05) is 23.2 Å². The Morgan fingerprint density at radius 2 is 2.00 bits per heavy atom. The zero-order valence-electron chi connectivity index (χ0n) is 8.68. The van der Waals surface area contributed by atoms with Crippen LogP contribution < -0.4 is 10.1 Å². The molecule has 0 spiro atoms. The van der Waals surface area contributed by atoms with E-state index in [0.717, 1.165) is 17.7 Å². The highest BCUT2D eigenvalue weighted by Crippen LogP contribution is 2.46. The van der Waals surface area contributed by atoms with Crippen molar-refractivity contribution >= 4 is 23.2 Å². The lowest BCUT2D eigenvalue weighted by molar-refractivity contribution is 0.409. The Hall–Kier alpha value is -0.440. The SMILES string of the molecule is CNC1CC1c1cc(Cl)c(Cl)cc1OC. The molecule has 0 aromatic heterocycles. The molecule has 15 heavy (non-hydrogen) atoms. The molecule has 2 nitrogen and oxygen atoms in total. The zero-order chi connectivity index (χ0) is 11.0. The Morgan fingerprint density at radius 3 is 2.53 bits per heavy atom. The van der Waals surface area contributed by atoms with Crippen LogP contribution in [0.25, 0.3) is 0 Å². The van der Waals surface area contributed by atoms with Gasteiger partial charge in [0.2, 0.25) is 0 Å². The number of hydrogen-bond acceptors (Lipinski definition) is 2. The quantitative estimate of drug-likeness (QED) is 0.884. The zero-order valence-corrected chi connectivity index (χ0v) is 10.2. The molecule has 1 aromatic carbocycles. The van der Waals surface area contributed by atoms with Crippen molar-refractivity contribution in [2.75, 3.05) is 14.2 Å². The van der Waals surface area contributed by atoms with E-state index in [1.807, 2.05) is 13.1 Å². The molecule has 2 unspecified atom stereocenters. The van der Waals surface area contributed by atoms with Crippen LogP contribution in [-0.2, 0) is 0 Å². The van der Waals surface area contributed by atoms with Crippen molar-refractivity contribution in [1.82, 2.24) is 5.32 Å². The maximum Gasteiger partial charge on any atom is 0.123 e. The predicted molar refractivity (Wildman–Crippen MR) is 63.2 cm³/mol. The van der Waals surface area contributed by atoms with Gasteiger partial charge in [0.15, 0.2) is 0 Å². The van der Waals surface area contributed by atoms with Gasteiger partial charge in [0.1, 0.15) is 5.75 Å². The van der Waals surface area contributed by atoms with Crippen molar-refractivity contribution in [3.63, 3.8) is 0 Å². The van der Waals surface area contributed by atoms with E-state index in [1.54, 1.807) is 13.2 Å². The molecule has 1 aliphatic rings. The number of rotatable bonds is 3. The van der Waals surface area contributed by atoms with Crippen LogP contribution in [0.5, 0.6) is 5.75 Å². The number of ether oxygens (including phenoxy) is 1. The second-order valence-corrected chi connectivity index (χ2v) is 4.56. The first kappa shape index (κ1) is 11.1. The minimum absolute atomic E-state index is 0.500. The van der Waals surface area contributed by atoms with Crippen LogP contribution >= 0.6 is 23.2 Å². The lowest BCUT2D eigenvalue weighted by Crippen LogP contribution is -2.10. The van der Waals surface area contributed by atoms with Gasteiger partial charge in [-0.05, 0) is 19.5 Å². The fourth-order valence-corrected chi connectivity index (χ4v) is 2.19. The summed E-state index contributed by atoms with van der Waals surface area (Å²) in [6.07, 6.45) is 1.13. The van der Waals surface area contributed by atoms with Crippen LogP contribution in [0.2, 0.25) is 10.0 Å². The number of methoxy groups -OCH3 is 1.